The van der Waals surface area contributed by atoms with E-state index in [0.717, 1.165) is 25.1 Å². The number of amides is 1. The highest BCUT2D eigenvalue weighted by atomic mass is 16.5. The number of nitrogens with one attached hydrogen (secondary N) is 1. The molecular weight excluding hydrogens is 244 g/mol. The Kier molecular flexibility index (Phi) is 4.63. The molecule has 0 radical (unpaired) electrons. The summed E-state index contributed by atoms with van der Waals surface area (Å²) in [7, 11) is 0. The van der Waals surface area contributed by atoms with Crippen LogP contribution < -0.4 is 15.8 Å². The lowest BCUT2D eigenvalue weighted by atomic mass is 9.89. The molecule has 2 rings (SSSR count). The fourth-order valence-electron chi connectivity index (χ4n) is 2.09. The van der Waals surface area contributed by atoms with Crippen LogP contribution in [-0.2, 0) is 9.53 Å². The topological polar surface area (TPSA) is 73.6 Å². The molecule has 1 fully saturated rings. The fraction of sp³-hybridized carbons (Fsp3) is 0.500. The summed E-state index contributed by atoms with van der Waals surface area (Å²) in [5.74, 6) is 0.170. The number of benzene rings is 1. The van der Waals surface area contributed by atoms with Crippen LogP contribution in [0.4, 0.5) is 5.69 Å². The van der Waals surface area contributed by atoms with E-state index < -0.39 is 5.91 Å². The Morgan fingerprint density at radius 3 is 2.63 bits per heavy atom. The van der Waals surface area contributed by atoms with Gasteiger partial charge >= 0.3 is 0 Å². The van der Waals surface area contributed by atoms with Gasteiger partial charge in [0.25, 0.3) is 5.91 Å². The molecule has 104 valence electrons. The van der Waals surface area contributed by atoms with Crippen LogP contribution in [0.25, 0.3) is 0 Å². The predicted octanol–water partition coefficient (Wildman–Crippen LogP) is 1.53. The first kappa shape index (κ1) is 13.7. The van der Waals surface area contributed by atoms with Crippen LogP contribution in [0.1, 0.15) is 19.8 Å². The van der Waals surface area contributed by atoms with Gasteiger partial charge in [0.1, 0.15) is 5.75 Å². The minimum Gasteiger partial charge on any atom is -0.484 e. The van der Waals surface area contributed by atoms with Crippen molar-refractivity contribution in [1.82, 2.24) is 0 Å². The predicted molar refractivity (Wildman–Crippen MR) is 73.2 cm³/mol. The van der Waals surface area contributed by atoms with Crippen LogP contribution in [0.5, 0.6) is 5.75 Å². The highest BCUT2D eigenvalue weighted by Gasteiger charge is 2.29. The highest BCUT2D eigenvalue weighted by molar-refractivity contribution is 5.75. The van der Waals surface area contributed by atoms with Gasteiger partial charge in [0.05, 0.1) is 6.10 Å². The van der Waals surface area contributed by atoms with E-state index in [2.05, 4.69) is 5.32 Å². The summed E-state index contributed by atoms with van der Waals surface area (Å²) in [5.41, 5.74) is 6.06. The lowest BCUT2D eigenvalue weighted by molar-refractivity contribution is -0.119. The monoisotopic (exact) mass is 264 g/mol. The van der Waals surface area contributed by atoms with Gasteiger partial charge in [-0.15, -0.1) is 0 Å². The van der Waals surface area contributed by atoms with Gasteiger partial charge in [-0.3, -0.25) is 4.79 Å². The normalized spacial score (nSPS) is 21.5. The second kappa shape index (κ2) is 6.43. The number of rotatable bonds is 7. The molecule has 3 N–H and O–H groups in total. The first-order valence-corrected chi connectivity index (χ1v) is 6.56. The van der Waals surface area contributed by atoms with Crippen molar-refractivity contribution in [2.24, 2.45) is 5.73 Å². The molecule has 0 aromatic heterocycles. The second-order valence-corrected chi connectivity index (χ2v) is 4.67. The van der Waals surface area contributed by atoms with Gasteiger partial charge in [0.2, 0.25) is 0 Å². The van der Waals surface area contributed by atoms with Gasteiger partial charge in [0, 0.05) is 18.3 Å². The summed E-state index contributed by atoms with van der Waals surface area (Å²) < 4.78 is 10.7. The molecular formula is C14H20N2O3. The third-order valence-electron chi connectivity index (χ3n) is 3.10. The van der Waals surface area contributed by atoms with E-state index in [9.17, 15) is 4.79 Å². The second-order valence-electron chi connectivity index (χ2n) is 4.67. The van der Waals surface area contributed by atoms with Crippen LogP contribution in [0, 0.1) is 0 Å². The average molecular weight is 264 g/mol. The van der Waals surface area contributed by atoms with Crippen molar-refractivity contribution in [3.63, 3.8) is 0 Å². The number of nitrogens with two attached hydrogens (primary N) is 1. The van der Waals surface area contributed by atoms with Crippen LogP contribution in [0.15, 0.2) is 24.3 Å². The standard InChI is InChI=1S/C14H20N2O3/c1-2-18-13-7-11(8-13)16-10-3-5-12(6-4-10)19-9-14(15)17/h3-6,11,13,16H,2,7-9H2,1H3,(H2,15,17). The zero-order chi connectivity index (χ0) is 13.7. The number of hydrogen-bond donors (Lipinski definition) is 2. The van der Waals surface area contributed by atoms with E-state index in [1.54, 1.807) is 0 Å². The van der Waals surface area contributed by atoms with Gasteiger partial charge in [-0.2, -0.15) is 0 Å². The Bertz CT molecular complexity index is 413. The minimum atomic E-state index is -0.473. The van der Waals surface area contributed by atoms with Gasteiger partial charge in [-0.1, -0.05) is 0 Å². The van der Waals surface area contributed by atoms with Crippen LogP contribution in [0.3, 0.4) is 0 Å². The molecule has 1 aromatic carbocycles. The van der Waals surface area contributed by atoms with Crippen LogP contribution >= 0.6 is 0 Å². The molecule has 0 atom stereocenters. The quantitative estimate of drug-likeness (QED) is 0.783. The van der Waals surface area contributed by atoms with Crippen molar-refractivity contribution in [2.75, 3.05) is 18.5 Å². The van der Waals surface area contributed by atoms with Gasteiger partial charge in [-0.05, 0) is 44.0 Å². The van der Waals surface area contributed by atoms with E-state index in [1.165, 1.54) is 0 Å². The Morgan fingerprint density at radius 2 is 2.05 bits per heavy atom. The largest absolute Gasteiger partial charge is 0.484 e. The minimum absolute atomic E-state index is 0.0918. The Morgan fingerprint density at radius 1 is 1.37 bits per heavy atom. The first-order chi connectivity index (χ1) is 9.17. The smallest absolute Gasteiger partial charge is 0.255 e. The van der Waals surface area contributed by atoms with Gasteiger partial charge < -0.3 is 20.5 Å². The number of primary amides is 1. The number of hydrogen-bond acceptors (Lipinski definition) is 4. The lowest BCUT2D eigenvalue weighted by Gasteiger charge is -2.36. The molecule has 0 aliphatic heterocycles. The molecule has 0 saturated heterocycles. The molecule has 1 aromatic rings. The van der Waals surface area contributed by atoms with E-state index in [-0.39, 0.29) is 6.61 Å². The van der Waals surface area contributed by atoms with Gasteiger partial charge in [0.15, 0.2) is 6.61 Å². The molecule has 1 aliphatic carbocycles. The van der Waals surface area contributed by atoms with Crippen LogP contribution in [0.2, 0.25) is 0 Å². The molecule has 19 heavy (non-hydrogen) atoms. The highest BCUT2D eigenvalue weighted by Crippen LogP contribution is 2.27. The molecule has 1 saturated carbocycles. The van der Waals surface area contributed by atoms with Crippen molar-refractivity contribution >= 4 is 11.6 Å². The zero-order valence-corrected chi connectivity index (χ0v) is 11.1. The molecule has 0 heterocycles. The van der Waals surface area contributed by atoms with E-state index in [0.29, 0.717) is 17.9 Å². The van der Waals surface area contributed by atoms with E-state index >= 15 is 0 Å². The summed E-state index contributed by atoms with van der Waals surface area (Å²) in [5, 5.41) is 3.43. The number of carbonyl (C=O) groups is 1. The summed E-state index contributed by atoms with van der Waals surface area (Å²) >= 11 is 0. The van der Waals surface area contributed by atoms with Crippen molar-refractivity contribution in [2.45, 2.75) is 31.9 Å². The first-order valence-electron chi connectivity index (χ1n) is 6.56. The Balaban J connectivity index is 1.75. The van der Waals surface area contributed by atoms with Gasteiger partial charge in [-0.25, -0.2) is 0 Å². The average Bonchev–Trinajstić information content (AvgIpc) is 2.35. The molecule has 0 unspecified atom stereocenters. The Hall–Kier alpha value is -1.75. The SMILES string of the molecule is CCOC1CC(Nc2ccc(OCC(N)=O)cc2)C1. The van der Waals surface area contributed by atoms with E-state index in [4.69, 9.17) is 15.2 Å². The molecule has 1 aliphatic rings. The zero-order valence-electron chi connectivity index (χ0n) is 11.1. The molecule has 5 nitrogen and oxygen atoms in total. The summed E-state index contributed by atoms with van der Waals surface area (Å²) in [6.45, 7) is 2.71. The maximum absolute atomic E-state index is 10.6. The molecule has 0 spiro atoms. The molecule has 0 bridgehead atoms. The van der Waals surface area contributed by atoms with Crippen molar-refractivity contribution in [3.05, 3.63) is 24.3 Å². The van der Waals surface area contributed by atoms with Crippen LogP contribution in [-0.4, -0.2) is 31.3 Å². The maximum Gasteiger partial charge on any atom is 0.255 e. The molecule has 1 amide bonds. The van der Waals surface area contributed by atoms with E-state index in [1.807, 2.05) is 31.2 Å². The summed E-state index contributed by atoms with van der Waals surface area (Å²) in [6, 6.07) is 8.00. The lowest BCUT2D eigenvalue weighted by Crippen LogP contribution is -2.40. The number of carbonyl (C=O) groups excluding carboxylic acids is 1. The number of anilines is 1. The number of ether oxygens (including phenoxy) is 2. The third-order valence-corrected chi connectivity index (χ3v) is 3.10. The third kappa shape index (κ3) is 4.13. The Labute approximate surface area is 113 Å². The van der Waals surface area contributed by atoms with Crippen molar-refractivity contribution < 1.29 is 14.3 Å². The van der Waals surface area contributed by atoms with Crippen molar-refractivity contribution in [1.29, 1.82) is 0 Å². The summed E-state index contributed by atoms with van der Waals surface area (Å²) in [4.78, 5) is 10.6. The van der Waals surface area contributed by atoms with Crippen molar-refractivity contribution in [3.8, 4) is 5.75 Å². The molecule has 5 heteroatoms. The maximum atomic E-state index is 10.6. The summed E-state index contributed by atoms with van der Waals surface area (Å²) in [6.07, 6.45) is 2.50. The fourth-order valence-corrected chi connectivity index (χ4v) is 2.09.